The van der Waals surface area contributed by atoms with E-state index in [0.717, 1.165) is 11.1 Å². The zero-order valence-electron chi connectivity index (χ0n) is 11.7. The summed E-state index contributed by atoms with van der Waals surface area (Å²) < 4.78 is 6.06. The first kappa shape index (κ1) is 14.6. The highest BCUT2D eigenvalue weighted by atomic mass is 79.9. The second-order valence-corrected chi connectivity index (χ2v) is 5.58. The maximum absolute atomic E-state index is 12.7. The summed E-state index contributed by atoms with van der Waals surface area (Å²) in [6.45, 7) is 3.89. The summed E-state index contributed by atoms with van der Waals surface area (Å²) in [5, 5.41) is 0. The van der Waals surface area contributed by atoms with E-state index in [2.05, 4.69) is 15.9 Å². The predicted octanol–water partition coefficient (Wildman–Crippen LogP) is 3.89. The number of ether oxygens (including phenoxy) is 1. The van der Waals surface area contributed by atoms with Crippen molar-refractivity contribution in [2.75, 3.05) is 12.8 Å². The van der Waals surface area contributed by atoms with Gasteiger partial charge in [-0.15, -0.1) is 0 Å². The quantitative estimate of drug-likeness (QED) is 0.684. The average molecular weight is 334 g/mol. The largest absolute Gasteiger partial charge is 0.496 e. The number of hydrogen-bond acceptors (Lipinski definition) is 3. The van der Waals surface area contributed by atoms with Crippen molar-refractivity contribution in [1.29, 1.82) is 0 Å². The molecular weight excluding hydrogens is 318 g/mol. The van der Waals surface area contributed by atoms with Crippen molar-refractivity contribution in [3.8, 4) is 5.75 Å². The van der Waals surface area contributed by atoms with Crippen LogP contribution in [0.5, 0.6) is 5.75 Å². The first-order valence-electron chi connectivity index (χ1n) is 6.19. The minimum atomic E-state index is -0.0694. The number of halogens is 1. The molecule has 0 aliphatic heterocycles. The Labute approximate surface area is 126 Å². The maximum Gasteiger partial charge on any atom is 0.197 e. The lowest BCUT2D eigenvalue weighted by Gasteiger charge is -2.12. The number of anilines is 1. The third-order valence-corrected chi connectivity index (χ3v) is 3.84. The van der Waals surface area contributed by atoms with Crippen LogP contribution in [0, 0.1) is 13.8 Å². The molecule has 104 valence electrons. The molecule has 0 aliphatic carbocycles. The van der Waals surface area contributed by atoms with Crippen molar-refractivity contribution >= 4 is 27.4 Å². The predicted molar refractivity (Wildman–Crippen MR) is 84.5 cm³/mol. The van der Waals surface area contributed by atoms with Crippen molar-refractivity contribution in [2.24, 2.45) is 0 Å². The third-order valence-electron chi connectivity index (χ3n) is 3.15. The van der Waals surface area contributed by atoms with E-state index in [-0.39, 0.29) is 5.78 Å². The zero-order chi connectivity index (χ0) is 14.9. The fourth-order valence-corrected chi connectivity index (χ4v) is 2.57. The number of hydrogen-bond donors (Lipinski definition) is 1. The van der Waals surface area contributed by atoms with Crippen molar-refractivity contribution in [3.05, 3.63) is 57.1 Å². The van der Waals surface area contributed by atoms with Crippen LogP contribution in [0.15, 0.2) is 34.8 Å². The number of rotatable bonds is 3. The monoisotopic (exact) mass is 333 g/mol. The Morgan fingerprint density at radius 1 is 1.20 bits per heavy atom. The SMILES string of the molecule is COc1cc(C)cc(C)c1C(=O)c1ccc(N)c(Br)c1. The minimum Gasteiger partial charge on any atom is -0.496 e. The lowest BCUT2D eigenvalue weighted by atomic mass is 9.96. The molecule has 4 heteroatoms. The molecular formula is C16H16BrNO2. The number of nitrogens with two attached hydrogens (primary N) is 1. The highest BCUT2D eigenvalue weighted by Crippen LogP contribution is 2.28. The second kappa shape index (κ2) is 5.67. The Morgan fingerprint density at radius 2 is 1.90 bits per heavy atom. The lowest BCUT2D eigenvalue weighted by Crippen LogP contribution is -2.07. The normalized spacial score (nSPS) is 10.4. The molecule has 0 amide bonds. The van der Waals surface area contributed by atoms with E-state index >= 15 is 0 Å². The summed E-state index contributed by atoms with van der Waals surface area (Å²) in [6, 6.07) is 9.01. The van der Waals surface area contributed by atoms with Crippen LogP contribution in [0.4, 0.5) is 5.69 Å². The average Bonchev–Trinajstić information content (AvgIpc) is 2.40. The molecule has 2 aromatic rings. The first-order valence-corrected chi connectivity index (χ1v) is 6.98. The maximum atomic E-state index is 12.7. The van der Waals surface area contributed by atoms with Crippen molar-refractivity contribution in [1.82, 2.24) is 0 Å². The van der Waals surface area contributed by atoms with Gasteiger partial charge in [-0.05, 0) is 65.2 Å². The Bertz CT molecular complexity index is 680. The van der Waals surface area contributed by atoms with Gasteiger partial charge in [-0.1, -0.05) is 6.07 Å². The fraction of sp³-hybridized carbons (Fsp3) is 0.188. The number of benzene rings is 2. The molecule has 2 N–H and O–H groups in total. The molecule has 0 atom stereocenters. The summed E-state index contributed by atoms with van der Waals surface area (Å²) in [7, 11) is 1.57. The van der Waals surface area contributed by atoms with Gasteiger partial charge in [0.1, 0.15) is 5.75 Å². The molecule has 0 aromatic heterocycles. The van der Waals surface area contributed by atoms with E-state index in [1.54, 1.807) is 25.3 Å². The number of aryl methyl sites for hydroxylation is 2. The van der Waals surface area contributed by atoms with E-state index in [1.807, 2.05) is 26.0 Å². The van der Waals surface area contributed by atoms with Gasteiger partial charge in [0.2, 0.25) is 0 Å². The van der Waals surface area contributed by atoms with Crippen molar-refractivity contribution < 1.29 is 9.53 Å². The Morgan fingerprint density at radius 3 is 2.50 bits per heavy atom. The first-order chi connectivity index (χ1) is 9.43. The molecule has 0 saturated carbocycles. The van der Waals surface area contributed by atoms with Crippen LogP contribution in [0.2, 0.25) is 0 Å². The van der Waals surface area contributed by atoms with Crippen LogP contribution in [-0.2, 0) is 0 Å². The molecule has 2 rings (SSSR count). The minimum absolute atomic E-state index is 0.0694. The molecule has 0 saturated heterocycles. The molecule has 0 aliphatic rings. The van der Waals surface area contributed by atoms with Gasteiger partial charge in [0.05, 0.1) is 12.7 Å². The van der Waals surface area contributed by atoms with E-state index in [0.29, 0.717) is 27.0 Å². The molecule has 0 heterocycles. The summed E-state index contributed by atoms with van der Waals surface area (Å²) in [4.78, 5) is 12.7. The van der Waals surface area contributed by atoms with Crippen LogP contribution in [0.3, 0.4) is 0 Å². The summed E-state index contributed by atoms with van der Waals surface area (Å²) in [5.41, 5.74) is 9.50. The van der Waals surface area contributed by atoms with Gasteiger partial charge in [-0.2, -0.15) is 0 Å². The molecule has 2 aromatic carbocycles. The molecule has 20 heavy (non-hydrogen) atoms. The number of carbonyl (C=O) groups is 1. The highest BCUT2D eigenvalue weighted by molar-refractivity contribution is 9.10. The number of nitrogen functional groups attached to an aromatic ring is 1. The van der Waals surface area contributed by atoms with Gasteiger partial charge < -0.3 is 10.5 Å². The Kier molecular flexibility index (Phi) is 4.14. The molecule has 0 fully saturated rings. The van der Waals surface area contributed by atoms with Gasteiger partial charge in [0, 0.05) is 15.7 Å². The third kappa shape index (κ3) is 2.70. The molecule has 0 unspecified atom stereocenters. The highest BCUT2D eigenvalue weighted by Gasteiger charge is 2.18. The van der Waals surface area contributed by atoms with Gasteiger partial charge in [0.25, 0.3) is 0 Å². The van der Waals surface area contributed by atoms with E-state index in [4.69, 9.17) is 10.5 Å². The molecule has 3 nitrogen and oxygen atoms in total. The number of methoxy groups -OCH3 is 1. The van der Waals surface area contributed by atoms with Gasteiger partial charge in [-0.25, -0.2) is 0 Å². The van der Waals surface area contributed by atoms with Crippen LogP contribution in [0.1, 0.15) is 27.0 Å². The van der Waals surface area contributed by atoms with Crippen LogP contribution < -0.4 is 10.5 Å². The van der Waals surface area contributed by atoms with Crippen molar-refractivity contribution in [3.63, 3.8) is 0 Å². The summed E-state index contributed by atoms with van der Waals surface area (Å²) >= 11 is 3.34. The zero-order valence-corrected chi connectivity index (χ0v) is 13.2. The lowest BCUT2D eigenvalue weighted by molar-refractivity contribution is 0.103. The summed E-state index contributed by atoms with van der Waals surface area (Å²) in [6.07, 6.45) is 0. The molecule has 0 bridgehead atoms. The summed E-state index contributed by atoms with van der Waals surface area (Å²) in [5.74, 6) is 0.528. The smallest absolute Gasteiger partial charge is 0.197 e. The molecule has 0 radical (unpaired) electrons. The van der Waals surface area contributed by atoms with Gasteiger partial charge in [0.15, 0.2) is 5.78 Å². The standard InChI is InChI=1S/C16H16BrNO2/c1-9-6-10(2)15(14(7-9)20-3)16(19)11-4-5-13(18)12(17)8-11/h4-8H,18H2,1-3H3. The van der Waals surface area contributed by atoms with Crippen molar-refractivity contribution in [2.45, 2.75) is 13.8 Å². The van der Waals surface area contributed by atoms with Gasteiger partial charge in [-0.3, -0.25) is 4.79 Å². The molecule has 0 spiro atoms. The number of ketones is 1. The van der Waals surface area contributed by atoms with Gasteiger partial charge >= 0.3 is 0 Å². The van der Waals surface area contributed by atoms with Crippen LogP contribution in [0.25, 0.3) is 0 Å². The Balaban J connectivity index is 2.55. The Hall–Kier alpha value is -1.81. The van der Waals surface area contributed by atoms with Crippen LogP contribution >= 0.6 is 15.9 Å². The van der Waals surface area contributed by atoms with E-state index < -0.39 is 0 Å². The topological polar surface area (TPSA) is 52.3 Å². The van der Waals surface area contributed by atoms with E-state index in [9.17, 15) is 4.79 Å². The van der Waals surface area contributed by atoms with Crippen LogP contribution in [-0.4, -0.2) is 12.9 Å². The fourth-order valence-electron chi connectivity index (χ4n) is 2.19. The second-order valence-electron chi connectivity index (χ2n) is 4.72. The van der Waals surface area contributed by atoms with E-state index in [1.165, 1.54) is 0 Å². The number of carbonyl (C=O) groups excluding carboxylic acids is 1.